The van der Waals surface area contributed by atoms with Gasteiger partial charge >= 0.3 is 0 Å². The fourth-order valence-corrected chi connectivity index (χ4v) is 4.74. The van der Waals surface area contributed by atoms with E-state index in [1.807, 2.05) is 67.6 Å². The van der Waals surface area contributed by atoms with Crippen LogP contribution in [0.1, 0.15) is 24.1 Å². The molecule has 6 heteroatoms. The fraction of sp³-hybridized carbons (Fsp3) is 0.182. The summed E-state index contributed by atoms with van der Waals surface area (Å²) >= 11 is 6.83. The molecule has 1 saturated heterocycles. The van der Waals surface area contributed by atoms with Crippen LogP contribution in [-0.4, -0.2) is 28.8 Å². The summed E-state index contributed by atoms with van der Waals surface area (Å²) in [6.45, 7) is 2.38. The van der Waals surface area contributed by atoms with Crippen LogP contribution in [0.15, 0.2) is 65.1 Å². The Bertz CT molecular complexity index is 998. The summed E-state index contributed by atoms with van der Waals surface area (Å²) in [4.78, 5) is 15.3. The number of fused-ring (bicyclic) bond motifs is 1. The van der Waals surface area contributed by atoms with Gasteiger partial charge in [-0.15, -0.1) is 0 Å². The Hall–Kier alpha value is -2.57. The number of hydrogen-bond donors (Lipinski definition) is 0. The Kier molecular flexibility index (Phi) is 5.24. The molecule has 28 heavy (non-hydrogen) atoms. The molecule has 2 aliphatic heterocycles. The van der Waals surface area contributed by atoms with Gasteiger partial charge in [-0.2, -0.15) is 0 Å². The van der Waals surface area contributed by atoms with Crippen LogP contribution in [0.25, 0.3) is 6.08 Å². The predicted molar refractivity (Wildman–Crippen MR) is 116 cm³/mol. The minimum absolute atomic E-state index is 0.0660. The molecule has 0 spiro atoms. The SMILES string of the molecule is COc1cccc2c1OCC(C=C1SC(=S)N(C(C)c3ccccc3)C1=O)=C2. The molecule has 1 atom stereocenters. The second-order valence-electron chi connectivity index (χ2n) is 6.52. The van der Waals surface area contributed by atoms with E-state index in [9.17, 15) is 4.79 Å². The first kappa shape index (κ1) is 18.8. The van der Waals surface area contributed by atoms with Crippen LogP contribution in [0, 0.1) is 0 Å². The van der Waals surface area contributed by atoms with Crippen molar-refractivity contribution in [3.05, 3.63) is 76.2 Å². The monoisotopic (exact) mass is 409 g/mol. The molecule has 0 aliphatic carbocycles. The maximum atomic E-state index is 13.0. The Morgan fingerprint density at radius 3 is 2.75 bits per heavy atom. The first-order valence-electron chi connectivity index (χ1n) is 8.91. The van der Waals surface area contributed by atoms with Gasteiger partial charge in [0, 0.05) is 5.56 Å². The van der Waals surface area contributed by atoms with Gasteiger partial charge in [-0.3, -0.25) is 9.69 Å². The number of hydrogen-bond acceptors (Lipinski definition) is 5. The first-order chi connectivity index (χ1) is 13.6. The minimum Gasteiger partial charge on any atom is -0.493 e. The molecule has 0 N–H and O–H groups in total. The highest BCUT2D eigenvalue weighted by molar-refractivity contribution is 8.26. The molecule has 142 valence electrons. The zero-order chi connectivity index (χ0) is 19.7. The molecular weight excluding hydrogens is 390 g/mol. The third-order valence-electron chi connectivity index (χ3n) is 4.76. The molecule has 4 rings (SSSR count). The highest BCUT2D eigenvalue weighted by Gasteiger charge is 2.36. The predicted octanol–water partition coefficient (Wildman–Crippen LogP) is 4.98. The van der Waals surface area contributed by atoms with Crippen molar-refractivity contribution in [2.75, 3.05) is 13.7 Å². The van der Waals surface area contributed by atoms with Crippen molar-refractivity contribution in [3.63, 3.8) is 0 Å². The van der Waals surface area contributed by atoms with Gasteiger partial charge in [-0.05, 0) is 36.3 Å². The maximum absolute atomic E-state index is 13.0. The Labute approximate surface area is 173 Å². The van der Waals surface area contributed by atoms with Crippen LogP contribution in [0.5, 0.6) is 11.5 Å². The lowest BCUT2D eigenvalue weighted by Crippen LogP contribution is -2.31. The first-order valence-corrected chi connectivity index (χ1v) is 10.1. The van der Waals surface area contributed by atoms with Crippen molar-refractivity contribution in [1.82, 2.24) is 4.90 Å². The maximum Gasteiger partial charge on any atom is 0.266 e. The Balaban J connectivity index is 1.60. The number of nitrogens with zero attached hydrogens (tertiary/aromatic N) is 1. The Morgan fingerprint density at radius 2 is 2.00 bits per heavy atom. The fourth-order valence-electron chi connectivity index (χ4n) is 3.30. The van der Waals surface area contributed by atoms with E-state index in [0.717, 1.165) is 22.4 Å². The minimum atomic E-state index is -0.110. The molecule has 0 saturated carbocycles. The van der Waals surface area contributed by atoms with Crippen molar-refractivity contribution in [1.29, 1.82) is 0 Å². The van der Waals surface area contributed by atoms with Crippen molar-refractivity contribution in [2.24, 2.45) is 0 Å². The van der Waals surface area contributed by atoms with E-state index in [4.69, 9.17) is 21.7 Å². The Morgan fingerprint density at radius 1 is 1.21 bits per heavy atom. The van der Waals surface area contributed by atoms with Gasteiger partial charge < -0.3 is 9.47 Å². The smallest absolute Gasteiger partial charge is 0.266 e. The van der Waals surface area contributed by atoms with Gasteiger partial charge in [0.05, 0.1) is 18.1 Å². The number of thiocarbonyl (C=S) groups is 1. The lowest BCUT2D eigenvalue weighted by molar-refractivity contribution is -0.123. The number of carbonyl (C=O) groups is 1. The molecule has 2 aliphatic rings. The third-order valence-corrected chi connectivity index (χ3v) is 6.09. The average Bonchev–Trinajstić information content (AvgIpc) is 3.00. The highest BCUT2D eigenvalue weighted by Crippen LogP contribution is 2.39. The van der Waals surface area contributed by atoms with E-state index in [1.165, 1.54) is 11.8 Å². The summed E-state index contributed by atoms with van der Waals surface area (Å²) < 4.78 is 11.8. The number of para-hydroxylation sites is 1. The van der Waals surface area contributed by atoms with Gasteiger partial charge in [0.2, 0.25) is 0 Å². The quantitative estimate of drug-likeness (QED) is 0.526. The van der Waals surface area contributed by atoms with Crippen LogP contribution in [0.2, 0.25) is 0 Å². The molecule has 2 heterocycles. The van der Waals surface area contributed by atoms with Crippen molar-refractivity contribution >= 4 is 40.3 Å². The lowest BCUT2D eigenvalue weighted by atomic mass is 10.1. The number of rotatable bonds is 4. The van der Waals surface area contributed by atoms with Crippen LogP contribution in [0.3, 0.4) is 0 Å². The largest absolute Gasteiger partial charge is 0.493 e. The normalized spacial score (nSPS) is 18.6. The third kappa shape index (κ3) is 3.45. The van der Waals surface area contributed by atoms with Crippen LogP contribution >= 0.6 is 24.0 Å². The van der Waals surface area contributed by atoms with Crippen molar-refractivity contribution in [2.45, 2.75) is 13.0 Å². The molecule has 0 bridgehead atoms. The number of amides is 1. The van der Waals surface area contributed by atoms with Gasteiger partial charge in [0.15, 0.2) is 11.5 Å². The van der Waals surface area contributed by atoms with Gasteiger partial charge in [0.25, 0.3) is 5.91 Å². The summed E-state index contributed by atoms with van der Waals surface area (Å²) in [6, 6.07) is 15.6. The van der Waals surface area contributed by atoms with Gasteiger partial charge in [-0.25, -0.2) is 0 Å². The zero-order valence-electron chi connectivity index (χ0n) is 15.5. The van der Waals surface area contributed by atoms with E-state index in [2.05, 4.69) is 0 Å². The molecule has 2 aromatic rings. The topological polar surface area (TPSA) is 38.8 Å². The summed E-state index contributed by atoms with van der Waals surface area (Å²) in [7, 11) is 1.62. The van der Waals surface area contributed by atoms with E-state index in [1.54, 1.807) is 12.0 Å². The van der Waals surface area contributed by atoms with Crippen LogP contribution in [0.4, 0.5) is 0 Å². The van der Waals surface area contributed by atoms with E-state index < -0.39 is 0 Å². The molecular formula is C22H19NO3S2. The lowest BCUT2D eigenvalue weighted by Gasteiger charge is -2.23. The number of ether oxygens (including phenoxy) is 2. The molecule has 1 unspecified atom stereocenters. The van der Waals surface area contributed by atoms with Crippen LogP contribution < -0.4 is 9.47 Å². The molecule has 1 fully saturated rings. The highest BCUT2D eigenvalue weighted by atomic mass is 32.2. The van der Waals surface area contributed by atoms with E-state index >= 15 is 0 Å². The summed E-state index contributed by atoms with van der Waals surface area (Å²) in [5.41, 5.74) is 2.92. The molecule has 4 nitrogen and oxygen atoms in total. The second kappa shape index (κ2) is 7.81. The summed E-state index contributed by atoms with van der Waals surface area (Å²) in [5, 5.41) is 0. The molecule has 2 aromatic carbocycles. The van der Waals surface area contributed by atoms with E-state index in [-0.39, 0.29) is 11.9 Å². The van der Waals surface area contributed by atoms with Crippen LogP contribution in [-0.2, 0) is 4.79 Å². The molecule has 1 amide bonds. The standard InChI is InChI=1S/C22H19NO3S2/c1-14(16-7-4-3-5-8-16)23-21(24)19(28-22(23)27)12-15-11-17-9-6-10-18(25-2)20(17)26-13-15/h3-12,14H,13H2,1-2H3. The molecule has 0 radical (unpaired) electrons. The second-order valence-corrected chi connectivity index (χ2v) is 8.20. The molecule has 0 aromatic heterocycles. The number of methoxy groups -OCH3 is 1. The number of carbonyl (C=O) groups excluding carboxylic acids is 1. The average molecular weight is 410 g/mol. The van der Waals surface area contributed by atoms with E-state index in [0.29, 0.717) is 21.6 Å². The number of thioether (sulfide) groups is 1. The van der Waals surface area contributed by atoms with Crippen molar-refractivity contribution in [3.8, 4) is 11.5 Å². The zero-order valence-corrected chi connectivity index (χ0v) is 17.2. The summed E-state index contributed by atoms with van der Waals surface area (Å²) in [5.74, 6) is 1.37. The summed E-state index contributed by atoms with van der Waals surface area (Å²) in [6.07, 6.45) is 3.90. The van der Waals surface area contributed by atoms with Gasteiger partial charge in [0.1, 0.15) is 10.9 Å². The number of benzene rings is 2. The van der Waals surface area contributed by atoms with Crippen molar-refractivity contribution < 1.29 is 14.3 Å². The van der Waals surface area contributed by atoms with Gasteiger partial charge in [-0.1, -0.05) is 66.4 Å².